The van der Waals surface area contributed by atoms with Crippen LogP contribution in [0.2, 0.25) is 10.0 Å². The summed E-state index contributed by atoms with van der Waals surface area (Å²) in [5.41, 5.74) is 2.04. The van der Waals surface area contributed by atoms with Crippen molar-refractivity contribution in [3.8, 4) is 0 Å². The molecule has 140 valence electrons. The van der Waals surface area contributed by atoms with E-state index in [0.29, 0.717) is 21.3 Å². The van der Waals surface area contributed by atoms with Gasteiger partial charge in [0, 0.05) is 16.6 Å². The molecule has 1 amide bonds. The molecule has 0 bridgehead atoms. The van der Waals surface area contributed by atoms with Gasteiger partial charge in [0.05, 0.1) is 11.9 Å². The molecule has 26 heavy (non-hydrogen) atoms. The molecule has 1 N–H and O–H groups in total. The van der Waals surface area contributed by atoms with Crippen LogP contribution in [-0.2, 0) is 21.4 Å². The smallest absolute Gasteiger partial charge is 0.243 e. The number of hydrogen-bond donors (Lipinski definition) is 1. The van der Waals surface area contributed by atoms with Gasteiger partial charge in [-0.1, -0.05) is 41.4 Å². The molecule has 0 spiro atoms. The second kappa shape index (κ2) is 8.29. The number of sulfonamides is 1. The lowest BCUT2D eigenvalue weighted by molar-refractivity contribution is -0.122. The van der Waals surface area contributed by atoms with E-state index in [-0.39, 0.29) is 6.54 Å². The average Bonchev–Trinajstić information content (AvgIpc) is 2.52. The largest absolute Gasteiger partial charge is 0.350 e. The molecule has 2 rings (SSSR count). The van der Waals surface area contributed by atoms with Crippen LogP contribution in [0, 0.1) is 6.92 Å². The quantitative estimate of drug-likeness (QED) is 0.781. The van der Waals surface area contributed by atoms with Gasteiger partial charge in [-0.05, 0) is 49.2 Å². The molecule has 1 atom stereocenters. The Bertz CT molecular complexity index is 916. The van der Waals surface area contributed by atoms with E-state index in [1.54, 1.807) is 43.3 Å². The summed E-state index contributed by atoms with van der Waals surface area (Å²) in [5.74, 6) is -0.428. The van der Waals surface area contributed by atoms with Gasteiger partial charge in [0.1, 0.15) is 6.04 Å². The number of aryl methyl sites for hydroxylation is 1. The van der Waals surface area contributed by atoms with E-state index in [1.807, 2.05) is 13.0 Å². The third-order valence-electron chi connectivity index (χ3n) is 3.81. The number of hydrogen-bond acceptors (Lipinski definition) is 3. The van der Waals surface area contributed by atoms with Crippen molar-refractivity contribution in [2.24, 2.45) is 0 Å². The molecule has 0 fully saturated rings. The molecule has 0 saturated heterocycles. The zero-order valence-corrected chi connectivity index (χ0v) is 17.0. The molecule has 0 aliphatic rings. The molecule has 0 saturated carbocycles. The summed E-state index contributed by atoms with van der Waals surface area (Å²) >= 11 is 12.0. The highest BCUT2D eigenvalue weighted by Crippen LogP contribution is 2.23. The lowest BCUT2D eigenvalue weighted by Crippen LogP contribution is -2.47. The van der Waals surface area contributed by atoms with Gasteiger partial charge in [0.25, 0.3) is 0 Å². The molecule has 5 nitrogen and oxygen atoms in total. The van der Waals surface area contributed by atoms with E-state index < -0.39 is 22.0 Å². The fourth-order valence-corrected chi connectivity index (χ4v) is 4.21. The molecule has 0 unspecified atom stereocenters. The number of nitrogens with one attached hydrogen (secondary N) is 1. The fraction of sp³-hybridized carbons (Fsp3) is 0.278. The highest BCUT2D eigenvalue weighted by molar-refractivity contribution is 7.92. The zero-order valence-electron chi connectivity index (χ0n) is 14.7. The summed E-state index contributed by atoms with van der Waals surface area (Å²) < 4.78 is 25.6. The van der Waals surface area contributed by atoms with Crippen molar-refractivity contribution >= 4 is 44.8 Å². The van der Waals surface area contributed by atoms with E-state index in [1.165, 1.54) is 0 Å². The maximum absolute atomic E-state index is 12.6. The Labute approximate surface area is 164 Å². The van der Waals surface area contributed by atoms with Gasteiger partial charge in [-0.2, -0.15) is 0 Å². The topological polar surface area (TPSA) is 66.5 Å². The summed E-state index contributed by atoms with van der Waals surface area (Å²) in [4.78, 5) is 12.6. The molecule has 0 aromatic heterocycles. The van der Waals surface area contributed by atoms with Gasteiger partial charge in [-0.25, -0.2) is 8.42 Å². The van der Waals surface area contributed by atoms with E-state index in [9.17, 15) is 13.2 Å². The molecule has 2 aromatic carbocycles. The fourth-order valence-electron chi connectivity index (χ4n) is 2.57. The Balaban J connectivity index is 2.20. The maximum atomic E-state index is 12.6. The van der Waals surface area contributed by atoms with Crippen LogP contribution in [0.5, 0.6) is 0 Å². The molecule has 0 radical (unpaired) electrons. The second-order valence-corrected chi connectivity index (χ2v) is 8.73. The van der Waals surface area contributed by atoms with Crippen LogP contribution < -0.4 is 9.62 Å². The Morgan fingerprint density at radius 3 is 2.46 bits per heavy atom. The van der Waals surface area contributed by atoms with Gasteiger partial charge in [0.2, 0.25) is 15.9 Å². The lowest BCUT2D eigenvalue weighted by atomic mass is 10.2. The van der Waals surface area contributed by atoms with Crippen molar-refractivity contribution in [1.82, 2.24) is 5.32 Å². The Kier molecular flexibility index (Phi) is 6.55. The van der Waals surface area contributed by atoms with Crippen molar-refractivity contribution in [2.75, 3.05) is 10.6 Å². The maximum Gasteiger partial charge on any atom is 0.243 e. The zero-order chi connectivity index (χ0) is 19.5. The first-order chi connectivity index (χ1) is 12.1. The lowest BCUT2D eigenvalue weighted by Gasteiger charge is -2.28. The first-order valence-corrected chi connectivity index (χ1v) is 10.5. The summed E-state index contributed by atoms with van der Waals surface area (Å²) in [6, 6.07) is 11.0. The molecule has 2 aromatic rings. The minimum Gasteiger partial charge on any atom is -0.350 e. The predicted molar refractivity (Wildman–Crippen MR) is 106 cm³/mol. The van der Waals surface area contributed by atoms with Gasteiger partial charge in [-0.3, -0.25) is 9.10 Å². The van der Waals surface area contributed by atoms with E-state index in [4.69, 9.17) is 23.2 Å². The standard InChI is InChI=1S/C18H20Cl2N2O3S/c1-12-5-4-6-16(9-12)22(26(3,24)25)13(2)18(23)21-11-14-7-8-15(19)10-17(14)20/h4-10,13H,11H2,1-3H3,(H,21,23)/t13-/m0/s1. The van der Waals surface area contributed by atoms with Crippen LogP contribution in [0.3, 0.4) is 0 Å². The predicted octanol–water partition coefficient (Wildman–Crippen LogP) is 3.77. The van der Waals surface area contributed by atoms with Crippen molar-refractivity contribution in [1.29, 1.82) is 0 Å². The first kappa shape index (κ1) is 20.6. The Hall–Kier alpha value is -1.76. The molecular weight excluding hydrogens is 395 g/mol. The number of rotatable bonds is 6. The molecule has 8 heteroatoms. The van der Waals surface area contributed by atoms with E-state index >= 15 is 0 Å². The van der Waals surface area contributed by atoms with Crippen molar-refractivity contribution in [3.05, 3.63) is 63.6 Å². The van der Waals surface area contributed by atoms with Crippen LogP contribution in [0.25, 0.3) is 0 Å². The molecule has 0 heterocycles. The van der Waals surface area contributed by atoms with Gasteiger partial charge in [-0.15, -0.1) is 0 Å². The van der Waals surface area contributed by atoms with E-state index in [2.05, 4.69) is 5.32 Å². The summed E-state index contributed by atoms with van der Waals surface area (Å²) in [7, 11) is -3.65. The minimum atomic E-state index is -3.65. The summed E-state index contributed by atoms with van der Waals surface area (Å²) in [6.45, 7) is 3.57. The average molecular weight is 415 g/mol. The van der Waals surface area contributed by atoms with Crippen molar-refractivity contribution < 1.29 is 13.2 Å². The van der Waals surface area contributed by atoms with Crippen molar-refractivity contribution in [2.45, 2.75) is 26.4 Å². The first-order valence-electron chi connectivity index (χ1n) is 7.87. The highest BCUT2D eigenvalue weighted by Gasteiger charge is 2.29. The van der Waals surface area contributed by atoms with Crippen LogP contribution in [0.4, 0.5) is 5.69 Å². The number of benzene rings is 2. The SMILES string of the molecule is Cc1cccc(N([C@@H](C)C(=O)NCc2ccc(Cl)cc2Cl)S(C)(=O)=O)c1. The third kappa shape index (κ3) is 5.13. The number of halogens is 2. The van der Waals surface area contributed by atoms with Crippen LogP contribution >= 0.6 is 23.2 Å². The number of amides is 1. The Morgan fingerprint density at radius 1 is 1.19 bits per heavy atom. The number of carbonyl (C=O) groups excluding carboxylic acids is 1. The van der Waals surface area contributed by atoms with Crippen LogP contribution in [0.15, 0.2) is 42.5 Å². The third-order valence-corrected chi connectivity index (χ3v) is 5.64. The van der Waals surface area contributed by atoms with Gasteiger partial charge >= 0.3 is 0 Å². The van der Waals surface area contributed by atoms with Gasteiger partial charge in [0.15, 0.2) is 0 Å². The second-order valence-electron chi connectivity index (χ2n) is 6.03. The number of carbonyl (C=O) groups is 1. The van der Waals surface area contributed by atoms with Crippen molar-refractivity contribution in [3.63, 3.8) is 0 Å². The number of anilines is 1. The molecule has 0 aliphatic carbocycles. The summed E-state index contributed by atoms with van der Waals surface area (Å²) in [6.07, 6.45) is 1.08. The molecular formula is C18H20Cl2N2O3S. The van der Waals surface area contributed by atoms with Crippen LogP contribution in [-0.4, -0.2) is 26.6 Å². The number of nitrogens with zero attached hydrogens (tertiary/aromatic N) is 1. The normalized spacial score (nSPS) is 12.5. The van der Waals surface area contributed by atoms with E-state index in [0.717, 1.165) is 16.1 Å². The van der Waals surface area contributed by atoms with Gasteiger partial charge < -0.3 is 5.32 Å². The monoisotopic (exact) mass is 414 g/mol. The Morgan fingerprint density at radius 2 is 1.88 bits per heavy atom. The van der Waals surface area contributed by atoms with Crippen LogP contribution in [0.1, 0.15) is 18.1 Å². The highest BCUT2D eigenvalue weighted by atomic mass is 35.5. The molecule has 0 aliphatic heterocycles. The summed E-state index contributed by atoms with van der Waals surface area (Å²) in [5, 5.41) is 3.66. The minimum absolute atomic E-state index is 0.171.